The number of hydrogen-bond donors (Lipinski definition) is 3. The van der Waals surface area contributed by atoms with E-state index in [-0.39, 0.29) is 31.1 Å². The summed E-state index contributed by atoms with van der Waals surface area (Å²) in [4.78, 5) is 12.1. The van der Waals surface area contributed by atoms with Gasteiger partial charge < -0.3 is 30.6 Å². The summed E-state index contributed by atoms with van der Waals surface area (Å²) >= 11 is 0. The molecule has 9 nitrogen and oxygen atoms in total. The van der Waals surface area contributed by atoms with Gasteiger partial charge in [-0.25, -0.2) is 13.2 Å². The quantitative estimate of drug-likeness (QED) is 0.129. The number of benzene rings is 2. The van der Waals surface area contributed by atoms with E-state index in [4.69, 9.17) is 19.9 Å². The molecule has 1 unspecified atom stereocenters. The first-order valence-corrected chi connectivity index (χ1v) is 11.8. The number of fused-ring (bicyclic) bond motifs is 1. The Morgan fingerprint density at radius 3 is 2.21 bits per heavy atom. The van der Waals surface area contributed by atoms with Crippen molar-refractivity contribution in [3.63, 3.8) is 0 Å². The molecule has 1 heterocycles. The standard InChI is InChI=1S/C24H25F5N6O3/c25-16-17(26)19(28)21(20(29)18(16)27)38-24-34-22(31-8-10-37-12-11-36-9-7-30)33-23(35-24)32-15-6-5-13-3-1-2-4-14(13)15/h1-4,15H,5-12,30H2,(H2,31,32,33,34,35). The minimum atomic E-state index is -2.30. The number of aromatic nitrogens is 3. The Morgan fingerprint density at radius 1 is 0.816 bits per heavy atom. The Labute approximate surface area is 214 Å². The van der Waals surface area contributed by atoms with Crippen molar-refractivity contribution >= 4 is 11.9 Å². The van der Waals surface area contributed by atoms with E-state index in [1.807, 2.05) is 24.3 Å². The largest absolute Gasteiger partial charge is 0.418 e. The Hall–Kier alpha value is -3.62. The van der Waals surface area contributed by atoms with Gasteiger partial charge in [0.05, 0.1) is 32.5 Å². The number of halogens is 5. The van der Waals surface area contributed by atoms with Crippen LogP contribution in [0, 0.1) is 29.1 Å². The van der Waals surface area contributed by atoms with Crippen LogP contribution < -0.4 is 21.1 Å². The number of anilines is 2. The fourth-order valence-electron chi connectivity index (χ4n) is 3.81. The first-order chi connectivity index (χ1) is 18.4. The van der Waals surface area contributed by atoms with Gasteiger partial charge in [0, 0.05) is 13.1 Å². The average molecular weight is 540 g/mol. The van der Waals surface area contributed by atoms with Gasteiger partial charge >= 0.3 is 6.01 Å². The molecule has 0 bridgehead atoms. The molecule has 204 valence electrons. The molecule has 0 fully saturated rings. The lowest BCUT2D eigenvalue weighted by atomic mass is 10.1. The summed E-state index contributed by atoms with van der Waals surface area (Å²) in [6.45, 7) is 1.94. The number of aryl methyl sites for hydroxylation is 1. The van der Waals surface area contributed by atoms with E-state index < -0.39 is 40.8 Å². The molecule has 4 rings (SSSR count). The van der Waals surface area contributed by atoms with Gasteiger partial charge in [-0.2, -0.15) is 23.7 Å². The van der Waals surface area contributed by atoms with Crippen LogP contribution >= 0.6 is 0 Å². The fourth-order valence-corrected chi connectivity index (χ4v) is 3.81. The predicted octanol–water partition coefficient (Wildman–Crippen LogP) is 3.86. The molecule has 14 heteroatoms. The molecule has 2 aromatic carbocycles. The molecule has 0 radical (unpaired) electrons. The van der Waals surface area contributed by atoms with E-state index in [1.54, 1.807) is 0 Å². The molecule has 0 amide bonds. The number of nitrogens with two attached hydrogens (primary N) is 1. The number of rotatable bonds is 13. The number of nitrogens with one attached hydrogen (secondary N) is 2. The molecular formula is C24H25F5N6O3. The summed E-state index contributed by atoms with van der Waals surface area (Å²) in [7, 11) is 0. The highest BCUT2D eigenvalue weighted by Gasteiger charge is 2.29. The number of nitrogens with zero attached hydrogens (tertiary/aromatic N) is 3. The zero-order valence-electron chi connectivity index (χ0n) is 20.1. The SMILES string of the molecule is NCCOCCOCCNc1nc(NC2CCc3ccccc32)nc(Oc2c(F)c(F)c(F)c(F)c2F)n1. The van der Waals surface area contributed by atoms with Crippen molar-refractivity contribution in [1.29, 1.82) is 0 Å². The second-order valence-corrected chi connectivity index (χ2v) is 8.14. The summed E-state index contributed by atoms with van der Waals surface area (Å²) in [5.41, 5.74) is 7.50. The molecule has 3 aromatic rings. The van der Waals surface area contributed by atoms with Gasteiger partial charge in [0.2, 0.25) is 46.7 Å². The molecule has 0 saturated heterocycles. The van der Waals surface area contributed by atoms with E-state index in [9.17, 15) is 22.0 Å². The molecule has 1 aromatic heterocycles. The van der Waals surface area contributed by atoms with Crippen molar-refractivity contribution in [2.45, 2.75) is 18.9 Å². The molecule has 1 aliphatic carbocycles. The maximum Gasteiger partial charge on any atom is 0.328 e. The third-order valence-corrected chi connectivity index (χ3v) is 5.58. The van der Waals surface area contributed by atoms with Crippen molar-refractivity contribution in [3.05, 3.63) is 64.5 Å². The van der Waals surface area contributed by atoms with Crippen LogP contribution in [0.1, 0.15) is 23.6 Å². The summed E-state index contributed by atoms with van der Waals surface area (Å²) in [5.74, 6) is -12.5. The van der Waals surface area contributed by atoms with Crippen LogP contribution in [0.2, 0.25) is 0 Å². The highest BCUT2D eigenvalue weighted by molar-refractivity contribution is 5.43. The second kappa shape index (κ2) is 12.8. The summed E-state index contributed by atoms with van der Waals surface area (Å²) in [6, 6.07) is 6.89. The van der Waals surface area contributed by atoms with Gasteiger partial charge in [0.25, 0.3) is 0 Å². The van der Waals surface area contributed by atoms with Crippen molar-refractivity contribution in [1.82, 2.24) is 15.0 Å². The molecule has 4 N–H and O–H groups in total. The minimum Gasteiger partial charge on any atom is -0.418 e. The lowest BCUT2D eigenvalue weighted by molar-refractivity contribution is 0.0547. The zero-order valence-corrected chi connectivity index (χ0v) is 20.1. The van der Waals surface area contributed by atoms with Crippen LogP contribution in [0.4, 0.5) is 33.8 Å². The normalized spacial score (nSPS) is 14.4. The molecule has 1 atom stereocenters. The first kappa shape index (κ1) is 27.4. The lowest BCUT2D eigenvalue weighted by Crippen LogP contribution is -2.17. The Kier molecular flexibility index (Phi) is 9.20. The molecule has 0 spiro atoms. The molecule has 0 aliphatic heterocycles. The third kappa shape index (κ3) is 6.44. The second-order valence-electron chi connectivity index (χ2n) is 8.14. The van der Waals surface area contributed by atoms with Crippen LogP contribution in [0.5, 0.6) is 11.8 Å². The highest BCUT2D eigenvalue weighted by atomic mass is 19.2. The Morgan fingerprint density at radius 2 is 1.47 bits per heavy atom. The van der Waals surface area contributed by atoms with Gasteiger partial charge in [-0.05, 0) is 24.0 Å². The maximum absolute atomic E-state index is 14.2. The Balaban J connectivity index is 1.52. The zero-order chi connectivity index (χ0) is 27.1. The topological polar surface area (TPSA) is 116 Å². The number of ether oxygens (including phenoxy) is 3. The van der Waals surface area contributed by atoms with Crippen molar-refractivity contribution in [2.24, 2.45) is 5.73 Å². The summed E-state index contributed by atoms with van der Waals surface area (Å²) in [5, 5.41) is 5.97. The van der Waals surface area contributed by atoms with Gasteiger partial charge in [-0.3, -0.25) is 0 Å². The van der Waals surface area contributed by atoms with Crippen molar-refractivity contribution in [3.8, 4) is 11.8 Å². The predicted molar refractivity (Wildman–Crippen MR) is 126 cm³/mol. The van der Waals surface area contributed by atoms with Gasteiger partial charge in [0.15, 0.2) is 0 Å². The van der Waals surface area contributed by atoms with Crippen molar-refractivity contribution in [2.75, 3.05) is 50.2 Å². The van der Waals surface area contributed by atoms with E-state index in [2.05, 4.69) is 25.6 Å². The molecular weight excluding hydrogens is 515 g/mol. The summed E-state index contributed by atoms with van der Waals surface area (Å²) < 4.78 is 84.7. The molecule has 0 saturated carbocycles. The van der Waals surface area contributed by atoms with Crippen LogP contribution in [0.25, 0.3) is 0 Å². The monoisotopic (exact) mass is 540 g/mol. The van der Waals surface area contributed by atoms with E-state index in [0.717, 1.165) is 24.0 Å². The third-order valence-electron chi connectivity index (χ3n) is 5.58. The van der Waals surface area contributed by atoms with Gasteiger partial charge in [0.1, 0.15) is 0 Å². The highest BCUT2D eigenvalue weighted by Crippen LogP contribution is 2.35. The van der Waals surface area contributed by atoms with E-state index >= 15 is 0 Å². The molecule has 1 aliphatic rings. The van der Waals surface area contributed by atoms with Crippen LogP contribution in [0.15, 0.2) is 24.3 Å². The van der Waals surface area contributed by atoms with Gasteiger partial charge in [-0.15, -0.1) is 0 Å². The smallest absolute Gasteiger partial charge is 0.328 e. The van der Waals surface area contributed by atoms with Crippen molar-refractivity contribution < 1.29 is 36.2 Å². The summed E-state index contributed by atoms with van der Waals surface area (Å²) in [6.07, 6.45) is 1.53. The maximum atomic E-state index is 14.2. The molecule has 38 heavy (non-hydrogen) atoms. The number of hydrogen-bond acceptors (Lipinski definition) is 9. The Bertz CT molecular complexity index is 1240. The van der Waals surface area contributed by atoms with E-state index in [0.29, 0.717) is 26.4 Å². The van der Waals surface area contributed by atoms with Gasteiger partial charge in [-0.1, -0.05) is 24.3 Å². The fraction of sp³-hybridized carbons (Fsp3) is 0.375. The lowest BCUT2D eigenvalue weighted by Gasteiger charge is -2.16. The average Bonchev–Trinajstić information content (AvgIpc) is 3.33. The van der Waals surface area contributed by atoms with E-state index in [1.165, 1.54) is 0 Å². The van der Waals surface area contributed by atoms with Crippen LogP contribution in [0.3, 0.4) is 0 Å². The van der Waals surface area contributed by atoms with Crippen LogP contribution in [-0.4, -0.2) is 54.5 Å². The first-order valence-electron chi connectivity index (χ1n) is 11.8. The van der Waals surface area contributed by atoms with Crippen LogP contribution in [-0.2, 0) is 15.9 Å². The minimum absolute atomic E-state index is 0.0285.